The van der Waals surface area contributed by atoms with Gasteiger partial charge >= 0.3 is 6.18 Å². The van der Waals surface area contributed by atoms with Crippen LogP contribution in [0, 0.1) is 0 Å². The van der Waals surface area contributed by atoms with E-state index in [0.717, 1.165) is 4.90 Å². The van der Waals surface area contributed by atoms with Crippen molar-refractivity contribution >= 4 is 5.78 Å². The van der Waals surface area contributed by atoms with E-state index >= 15 is 0 Å². The number of alkyl halides is 3. The normalized spacial score (nSPS) is 12.2. The van der Waals surface area contributed by atoms with Crippen LogP contribution < -0.4 is 5.73 Å². The molecule has 0 aliphatic heterocycles. The summed E-state index contributed by atoms with van der Waals surface area (Å²) in [5.74, 6) is -0.401. The van der Waals surface area contributed by atoms with Gasteiger partial charge in [-0.15, -0.1) is 0 Å². The summed E-state index contributed by atoms with van der Waals surface area (Å²) in [4.78, 5) is 11.5. The van der Waals surface area contributed by atoms with Gasteiger partial charge in [0.2, 0.25) is 0 Å². The lowest BCUT2D eigenvalue weighted by Gasteiger charge is -2.16. The molecule has 0 unspecified atom stereocenters. The fraction of sp³-hybridized carbons (Fsp3) is 0.833. The van der Waals surface area contributed by atoms with Crippen molar-refractivity contribution in [3.63, 3.8) is 0 Å². The van der Waals surface area contributed by atoms with Gasteiger partial charge in [0.25, 0.3) is 0 Å². The average Bonchev–Trinajstić information content (AvgIpc) is 1.82. The Bertz CT molecular complexity index is 157. The summed E-state index contributed by atoms with van der Waals surface area (Å²) in [7, 11) is 1.22. The molecule has 0 heterocycles. The zero-order chi connectivity index (χ0) is 9.78. The molecule has 0 aliphatic carbocycles. The number of Topliss-reactive ketones (excluding diaryl/α,β-unsaturated/α-hetero) is 1. The molecule has 0 rings (SSSR count). The second-order valence-corrected chi connectivity index (χ2v) is 2.53. The van der Waals surface area contributed by atoms with Crippen LogP contribution in [0.15, 0.2) is 0 Å². The predicted octanol–water partition coefficient (Wildman–Crippen LogP) is 0.00830. The van der Waals surface area contributed by atoms with Gasteiger partial charge < -0.3 is 5.73 Å². The first-order valence-corrected chi connectivity index (χ1v) is 3.32. The van der Waals surface area contributed by atoms with Crippen LogP contribution in [-0.4, -0.2) is 43.5 Å². The van der Waals surface area contributed by atoms with Crippen molar-refractivity contribution in [1.29, 1.82) is 0 Å². The fourth-order valence-electron chi connectivity index (χ4n) is 0.728. The van der Waals surface area contributed by atoms with Crippen molar-refractivity contribution in [1.82, 2.24) is 4.90 Å². The van der Waals surface area contributed by atoms with Crippen molar-refractivity contribution in [2.45, 2.75) is 6.18 Å². The molecule has 0 radical (unpaired) electrons. The topological polar surface area (TPSA) is 46.3 Å². The Morgan fingerprint density at radius 1 is 1.50 bits per heavy atom. The van der Waals surface area contributed by atoms with Crippen LogP contribution in [0.1, 0.15) is 0 Å². The number of nitrogens with two attached hydrogens (primary N) is 1. The summed E-state index contributed by atoms with van der Waals surface area (Å²) in [5.41, 5.74) is 4.93. The molecule has 0 saturated carbocycles. The van der Waals surface area contributed by atoms with Gasteiger partial charge in [-0.05, 0) is 7.05 Å². The molecule has 0 aliphatic rings. The Balaban J connectivity index is 3.74. The molecule has 6 heteroatoms. The summed E-state index contributed by atoms with van der Waals surface area (Å²) >= 11 is 0. The first kappa shape index (κ1) is 11.4. The number of rotatable bonds is 4. The lowest BCUT2D eigenvalue weighted by molar-refractivity contribution is -0.145. The lowest BCUT2D eigenvalue weighted by atomic mass is 10.3. The van der Waals surface area contributed by atoms with Crippen LogP contribution in [0.2, 0.25) is 0 Å². The maximum atomic E-state index is 11.7. The van der Waals surface area contributed by atoms with Crippen LogP contribution in [0.5, 0.6) is 0 Å². The largest absolute Gasteiger partial charge is 0.401 e. The third kappa shape index (κ3) is 6.11. The molecule has 0 saturated heterocycles. The number of likely N-dealkylation sites (N-methyl/N-ethyl adjacent to an activating group) is 1. The van der Waals surface area contributed by atoms with Crippen molar-refractivity contribution in [3.8, 4) is 0 Å². The van der Waals surface area contributed by atoms with Crippen LogP contribution >= 0.6 is 0 Å². The molecule has 0 bridgehead atoms. The monoisotopic (exact) mass is 184 g/mol. The smallest absolute Gasteiger partial charge is 0.324 e. The van der Waals surface area contributed by atoms with Gasteiger partial charge in [0.05, 0.1) is 19.6 Å². The number of carbonyl (C=O) groups excluding carboxylic acids is 1. The first-order chi connectivity index (χ1) is 5.35. The van der Waals surface area contributed by atoms with Crippen LogP contribution in [0.25, 0.3) is 0 Å². The maximum Gasteiger partial charge on any atom is 0.401 e. The van der Waals surface area contributed by atoms with Crippen molar-refractivity contribution in [2.75, 3.05) is 26.7 Å². The Labute approximate surface area is 68.3 Å². The van der Waals surface area contributed by atoms with Gasteiger partial charge in [0, 0.05) is 0 Å². The molecular weight excluding hydrogens is 173 g/mol. The number of hydrogen-bond donors (Lipinski definition) is 1. The van der Waals surface area contributed by atoms with E-state index in [1.165, 1.54) is 7.05 Å². The van der Waals surface area contributed by atoms with Crippen LogP contribution in [0.4, 0.5) is 13.2 Å². The number of carbonyl (C=O) groups is 1. The van der Waals surface area contributed by atoms with Crippen LogP contribution in [0.3, 0.4) is 0 Å². The maximum absolute atomic E-state index is 11.7. The summed E-state index contributed by atoms with van der Waals surface area (Å²) in [6.07, 6.45) is -4.26. The summed E-state index contributed by atoms with van der Waals surface area (Å²) in [5, 5.41) is 0. The Kier molecular flexibility index (Phi) is 4.19. The van der Waals surface area contributed by atoms with Crippen LogP contribution in [-0.2, 0) is 4.79 Å². The van der Waals surface area contributed by atoms with E-state index in [1.54, 1.807) is 0 Å². The molecule has 72 valence electrons. The summed E-state index contributed by atoms with van der Waals surface area (Å²) < 4.78 is 35.0. The Morgan fingerprint density at radius 3 is 2.33 bits per heavy atom. The summed E-state index contributed by atoms with van der Waals surface area (Å²) in [6.45, 7) is -1.56. The van der Waals surface area contributed by atoms with Gasteiger partial charge in [-0.2, -0.15) is 13.2 Å². The molecule has 0 fully saturated rings. The van der Waals surface area contributed by atoms with Crippen molar-refractivity contribution in [2.24, 2.45) is 5.73 Å². The molecule has 0 aromatic carbocycles. The zero-order valence-electron chi connectivity index (χ0n) is 6.69. The van der Waals surface area contributed by atoms with E-state index in [-0.39, 0.29) is 13.1 Å². The standard InChI is InChI=1S/C6H11F3N2O/c1-11(3-5(12)2-10)4-6(7,8)9/h2-4,10H2,1H3. The number of ketones is 1. The van der Waals surface area contributed by atoms with E-state index in [4.69, 9.17) is 5.73 Å². The third-order valence-electron chi connectivity index (χ3n) is 1.12. The summed E-state index contributed by atoms with van der Waals surface area (Å²) in [6, 6.07) is 0. The molecule has 0 aromatic heterocycles. The van der Waals surface area contributed by atoms with E-state index in [0.29, 0.717) is 0 Å². The minimum Gasteiger partial charge on any atom is -0.324 e. The second-order valence-electron chi connectivity index (χ2n) is 2.53. The van der Waals surface area contributed by atoms with E-state index in [2.05, 4.69) is 0 Å². The predicted molar refractivity (Wildman–Crippen MR) is 37.6 cm³/mol. The molecule has 3 nitrogen and oxygen atoms in total. The third-order valence-corrected chi connectivity index (χ3v) is 1.12. The minimum atomic E-state index is -4.26. The molecule has 0 amide bonds. The van der Waals surface area contributed by atoms with Gasteiger partial charge in [0.15, 0.2) is 5.78 Å². The van der Waals surface area contributed by atoms with Gasteiger partial charge in [-0.3, -0.25) is 9.69 Å². The SMILES string of the molecule is CN(CC(=O)CN)CC(F)(F)F. The highest BCUT2D eigenvalue weighted by atomic mass is 19.4. The molecule has 0 atom stereocenters. The van der Waals surface area contributed by atoms with E-state index in [9.17, 15) is 18.0 Å². The highest BCUT2D eigenvalue weighted by Crippen LogP contribution is 2.14. The van der Waals surface area contributed by atoms with Gasteiger partial charge in [0.1, 0.15) is 0 Å². The first-order valence-electron chi connectivity index (χ1n) is 3.32. The average molecular weight is 184 g/mol. The molecule has 0 spiro atoms. The van der Waals surface area contributed by atoms with E-state index < -0.39 is 18.5 Å². The highest BCUT2D eigenvalue weighted by Gasteiger charge is 2.29. The number of halogens is 3. The fourth-order valence-corrected chi connectivity index (χ4v) is 0.728. The molecular formula is C6H11F3N2O. The van der Waals surface area contributed by atoms with Gasteiger partial charge in [-0.25, -0.2) is 0 Å². The molecule has 0 aromatic rings. The number of nitrogens with zero attached hydrogens (tertiary/aromatic N) is 1. The van der Waals surface area contributed by atoms with E-state index in [1.807, 2.05) is 0 Å². The van der Waals surface area contributed by atoms with Crippen molar-refractivity contribution < 1.29 is 18.0 Å². The van der Waals surface area contributed by atoms with Gasteiger partial charge in [-0.1, -0.05) is 0 Å². The number of hydrogen-bond acceptors (Lipinski definition) is 3. The minimum absolute atomic E-state index is 0.220. The molecule has 12 heavy (non-hydrogen) atoms. The molecule has 2 N–H and O–H groups in total. The lowest BCUT2D eigenvalue weighted by Crippen LogP contribution is -2.36. The Morgan fingerprint density at radius 2 is 2.00 bits per heavy atom. The highest BCUT2D eigenvalue weighted by molar-refractivity contribution is 5.82. The Hall–Kier alpha value is -0.620. The quantitative estimate of drug-likeness (QED) is 0.669. The second kappa shape index (κ2) is 4.42. The zero-order valence-corrected chi connectivity index (χ0v) is 6.69. The van der Waals surface area contributed by atoms with Crippen molar-refractivity contribution in [3.05, 3.63) is 0 Å².